The van der Waals surface area contributed by atoms with E-state index in [1.54, 1.807) is 0 Å². The molecule has 0 saturated heterocycles. The molecule has 1 amide bonds. The number of nitrogens with one attached hydrogen (secondary N) is 1. The second-order valence-electron chi connectivity index (χ2n) is 5.90. The Hall–Kier alpha value is -0.610. The lowest BCUT2D eigenvalue weighted by atomic mass is 9.99. The van der Waals surface area contributed by atoms with Crippen molar-refractivity contribution in [2.45, 2.75) is 52.6 Å². The molecule has 0 heterocycles. The van der Waals surface area contributed by atoms with E-state index in [4.69, 9.17) is 5.73 Å². The summed E-state index contributed by atoms with van der Waals surface area (Å²) in [6.45, 7) is 9.14. The molecule has 0 fully saturated rings. The quantitative estimate of drug-likeness (QED) is 0.692. The van der Waals surface area contributed by atoms with Crippen LogP contribution in [0.3, 0.4) is 0 Å². The van der Waals surface area contributed by atoms with Gasteiger partial charge in [0, 0.05) is 12.6 Å². The Kier molecular flexibility index (Phi) is 8.20. The van der Waals surface area contributed by atoms with Crippen LogP contribution in [-0.2, 0) is 4.79 Å². The SMILES string of the molecule is CCC(C)C(N)C(=O)NCC(CC(C)C)N(C)C. The van der Waals surface area contributed by atoms with Gasteiger partial charge in [0.15, 0.2) is 0 Å². The predicted octanol–water partition coefficient (Wildman–Crippen LogP) is 1.45. The minimum Gasteiger partial charge on any atom is -0.353 e. The summed E-state index contributed by atoms with van der Waals surface area (Å²) in [4.78, 5) is 14.1. The standard InChI is InChI=1S/C14H31N3O/c1-7-11(4)13(15)14(18)16-9-12(17(5)6)8-10(2)3/h10-13H,7-9,15H2,1-6H3,(H,16,18). The number of carbonyl (C=O) groups is 1. The van der Waals surface area contributed by atoms with Gasteiger partial charge in [-0.1, -0.05) is 34.1 Å². The molecule has 4 heteroatoms. The van der Waals surface area contributed by atoms with E-state index in [0.29, 0.717) is 18.5 Å². The molecule has 0 saturated carbocycles. The second-order valence-corrected chi connectivity index (χ2v) is 5.90. The molecule has 108 valence electrons. The molecular weight excluding hydrogens is 226 g/mol. The van der Waals surface area contributed by atoms with E-state index in [1.807, 2.05) is 21.0 Å². The Labute approximate surface area is 112 Å². The van der Waals surface area contributed by atoms with Gasteiger partial charge >= 0.3 is 0 Å². The van der Waals surface area contributed by atoms with Crippen molar-refractivity contribution in [2.75, 3.05) is 20.6 Å². The van der Waals surface area contributed by atoms with Gasteiger partial charge in [0.1, 0.15) is 0 Å². The molecule has 0 spiro atoms. The van der Waals surface area contributed by atoms with Crippen LogP contribution in [0, 0.1) is 11.8 Å². The summed E-state index contributed by atoms with van der Waals surface area (Å²) in [6, 6.07) is -0.0186. The highest BCUT2D eigenvalue weighted by Gasteiger charge is 2.21. The average molecular weight is 257 g/mol. The van der Waals surface area contributed by atoms with E-state index in [-0.39, 0.29) is 11.8 Å². The third-order valence-corrected chi connectivity index (χ3v) is 3.55. The molecule has 3 atom stereocenters. The van der Waals surface area contributed by atoms with Crippen molar-refractivity contribution < 1.29 is 4.79 Å². The summed E-state index contributed by atoms with van der Waals surface area (Å²) in [6.07, 6.45) is 2.00. The Morgan fingerprint density at radius 1 is 1.28 bits per heavy atom. The third kappa shape index (κ3) is 6.36. The van der Waals surface area contributed by atoms with E-state index in [2.05, 4.69) is 31.0 Å². The largest absolute Gasteiger partial charge is 0.353 e. The Balaban J connectivity index is 4.22. The molecule has 0 aromatic carbocycles. The van der Waals surface area contributed by atoms with Crippen LogP contribution >= 0.6 is 0 Å². The van der Waals surface area contributed by atoms with Crippen molar-refractivity contribution in [3.05, 3.63) is 0 Å². The van der Waals surface area contributed by atoms with Crippen molar-refractivity contribution in [1.82, 2.24) is 10.2 Å². The van der Waals surface area contributed by atoms with Crippen molar-refractivity contribution in [2.24, 2.45) is 17.6 Å². The number of nitrogens with two attached hydrogens (primary N) is 1. The van der Waals surface area contributed by atoms with E-state index in [9.17, 15) is 4.79 Å². The maximum absolute atomic E-state index is 11.9. The minimum absolute atomic E-state index is 0.0278. The van der Waals surface area contributed by atoms with Crippen LogP contribution < -0.4 is 11.1 Å². The zero-order chi connectivity index (χ0) is 14.3. The summed E-state index contributed by atoms with van der Waals surface area (Å²) < 4.78 is 0. The van der Waals surface area contributed by atoms with Gasteiger partial charge < -0.3 is 16.0 Å². The number of hydrogen-bond acceptors (Lipinski definition) is 3. The number of hydrogen-bond donors (Lipinski definition) is 2. The zero-order valence-electron chi connectivity index (χ0n) is 12.9. The maximum Gasteiger partial charge on any atom is 0.237 e. The highest BCUT2D eigenvalue weighted by molar-refractivity contribution is 5.81. The molecule has 0 bridgehead atoms. The molecule has 3 unspecified atom stereocenters. The molecule has 3 N–H and O–H groups in total. The van der Waals surface area contributed by atoms with Crippen LogP contribution in [0.1, 0.15) is 40.5 Å². The lowest BCUT2D eigenvalue weighted by Gasteiger charge is -2.27. The van der Waals surface area contributed by atoms with Gasteiger partial charge in [0.05, 0.1) is 6.04 Å². The first-order valence-corrected chi connectivity index (χ1v) is 6.99. The lowest BCUT2D eigenvalue weighted by molar-refractivity contribution is -0.123. The summed E-state index contributed by atoms with van der Waals surface area (Å²) >= 11 is 0. The molecule has 4 nitrogen and oxygen atoms in total. The Morgan fingerprint density at radius 2 is 1.83 bits per heavy atom. The van der Waals surface area contributed by atoms with Crippen LogP contribution in [-0.4, -0.2) is 43.5 Å². The van der Waals surface area contributed by atoms with Crippen LogP contribution in [0.25, 0.3) is 0 Å². The molecule has 0 aliphatic rings. The fourth-order valence-electron chi connectivity index (χ4n) is 1.87. The predicted molar refractivity (Wildman–Crippen MR) is 77.4 cm³/mol. The van der Waals surface area contributed by atoms with Gasteiger partial charge in [0.2, 0.25) is 5.91 Å². The zero-order valence-corrected chi connectivity index (χ0v) is 12.9. The van der Waals surface area contributed by atoms with Crippen molar-refractivity contribution in [3.8, 4) is 0 Å². The number of nitrogens with zero attached hydrogens (tertiary/aromatic N) is 1. The van der Waals surface area contributed by atoms with Crippen LogP contribution in [0.15, 0.2) is 0 Å². The summed E-state index contributed by atoms with van der Waals surface area (Å²) in [5, 5.41) is 2.98. The van der Waals surface area contributed by atoms with Crippen LogP contribution in [0.4, 0.5) is 0 Å². The molecule has 18 heavy (non-hydrogen) atoms. The van der Waals surface area contributed by atoms with Gasteiger partial charge in [-0.25, -0.2) is 0 Å². The minimum atomic E-state index is -0.392. The van der Waals surface area contributed by atoms with Gasteiger partial charge in [-0.05, 0) is 32.4 Å². The normalized spacial score (nSPS) is 16.7. The van der Waals surface area contributed by atoms with Crippen molar-refractivity contribution in [1.29, 1.82) is 0 Å². The van der Waals surface area contributed by atoms with Crippen LogP contribution in [0.2, 0.25) is 0 Å². The maximum atomic E-state index is 11.9. The highest BCUT2D eigenvalue weighted by Crippen LogP contribution is 2.09. The lowest BCUT2D eigenvalue weighted by Crippen LogP contribution is -2.49. The summed E-state index contributed by atoms with van der Waals surface area (Å²) in [7, 11) is 4.10. The highest BCUT2D eigenvalue weighted by atomic mass is 16.2. The monoisotopic (exact) mass is 257 g/mol. The first kappa shape index (κ1) is 17.4. The van der Waals surface area contributed by atoms with Crippen molar-refractivity contribution >= 4 is 5.91 Å². The van der Waals surface area contributed by atoms with E-state index >= 15 is 0 Å². The molecular formula is C14H31N3O. The number of likely N-dealkylation sites (N-methyl/N-ethyl adjacent to an activating group) is 1. The van der Waals surface area contributed by atoms with Gasteiger partial charge in [-0.2, -0.15) is 0 Å². The molecule has 0 aromatic heterocycles. The molecule has 0 radical (unpaired) electrons. The van der Waals surface area contributed by atoms with E-state index in [0.717, 1.165) is 12.8 Å². The van der Waals surface area contributed by atoms with E-state index in [1.165, 1.54) is 0 Å². The topological polar surface area (TPSA) is 58.4 Å². The fraction of sp³-hybridized carbons (Fsp3) is 0.929. The fourth-order valence-corrected chi connectivity index (χ4v) is 1.87. The third-order valence-electron chi connectivity index (χ3n) is 3.55. The van der Waals surface area contributed by atoms with Crippen LogP contribution in [0.5, 0.6) is 0 Å². The summed E-state index contributed by atoms with van der Waals surface area (Å²) in [5.41, 5.74) is 5.91. The first-order valence-electron chi connectivity index (χ1n) is 6.99. The van der Waals surface area contributed by atoms with Gasteiger partial charge in [-0.3, -0.25) is 4.79 Å². The average Bonchev–Trinajstić information content (AvgIpc) is 2.31. The Bertz CT molecular complexity index is 241. The number of amides is 1. The summed E-state index contributed by atoms with van der Waals surface area (Å²) in [5.74, 6) is 0.824. The van der Waals surface area contributed by atoms with Crippen molar-refractivity contribution in [3.63, 3.8) is 0 Å². The number of rotatable bonds is 8. The molecule has 0 rings (SSSR count). The second kappa shape index (κ2) is 8.48. The number of carbonyl (C=O) groups excluding carboxylic acids is 1. The van der Waals surface area contributed by atoms with Gasteiger partial charge in [0.25, 0.3) is 0 Å². The first-order chi connectivity index (χ1) is 8.29. The van der Waals surface area contributed by atoms with Gasteiger partial charge in [-0.15, -0.1) is 0 Å². The molecule has 0 aliphatic carbocycles. The Morgan fingerprint density at radius 3 is 2.22 bits per heavy atom. The van der Waals surface area contributed by atoms with E-state index < -0.39 is 6.04 Å². The smallest absolute Gasteiger partial charge is 0.237 e. The molecule has 0 aromatic rings. The molecule has 0 aliphatic heterocycles.